The number of hydrogen-bond donors (Lipinski definition) is 2. The van der Waals surface area contributed by atoms with E-state index >= 15 is 0 Å². The first-order valence-electron chi connectivity index (χ1n) is 10.9. The van der Waals surface area contributed by atoms with Crippen LogP contribution in [-0.2, 0) is 17.6 Å². The van der Waals surface area contributed by atoms with Gasteiger partial charge in [0.05, 0.1) is 6.42 Å². The third kappa shape index (κ3) is 3.29. The van der Waals surface area contributed by atoms with Gasteiger partial charge in [-0.3, -0.25) is 4.79 Å². The fourth-order valence-corrected chi connectivity index (χ4v) is 4.92. The van der Waals surface area contributed by atoms with E-state index in [9.17, 15) is 15.0 Å². The lowest BCUT2D eigenvalue weighted by molar-refractivity contribution is -0.135. The fraction of sp³-hybridized carbons (Fsp3) is 0.480. The molecule has 164 valence electrons. The Hall–Kier alpha value is -2.89. The van der Waals surface area contributed by atoms with Crippen LogP contribution < -0.4 is 14.2 Å². The highest BCUT2D eigenvalue weighted by molar-refractivity contribution is 5.82. The number of carbonyl (C=O) groups is 1. The predicted molar refractivity (Wildman–Crippen MR) is 114 cm³/mol. The van der Waals surface area contributed by atoms with Crippen molar-refractivity contribution in [2.45, 2.75) is 76.9 Å². The molecule has 1 unspecified atom stereocenters. The van der Waals surface area contributed by atoms with Crippen molar-refractivity contribution in [1.29, 1.82) is 0 Å². The van der Waals surface area contributed by atoms with E-state index in [1.165, 1.54) is 12.1 Å². The molecule has 3 aliphatic rings. The van der Waals surface area contributed by atoms with Gasteiger partial charge in [-0.1, -0.05) is 6.07 Å². The smallest absolute Gasteiger partial charge is 0.312 e. The Bertz CT molecular complexity index is 1100. The van der Waals surface area contributed by atoms with Gasteiger partial charge in [-0.25, -0.2) is 0 Å². The number of hydrogen-bond acceptors (Lipinski definition) is 6. The molecule has 2 N–H and O–H groups in total. The summed E-state index contributed by atoms with van der Waals surface area (Å²) in [5.74, 6) is 0.989. The van der Waals surface area contributed by atoms with Crippen LogP contribution in [0.25, 0.3) is 0 Å². The highest BCUT2D eigenvalue weighted by Gasteiger charge is 2.43. The van der Waals surface area contributed by atoms with E-state index in [1.807, 2.05) is 0 Å². The molecule has 0 saturated carbocycles. The predicted octanol–water partition coefficient (Wildman–Crippen LogP) is 4.75. The number of benzene rings is 2. The molecular formula is C25H28O6. The third-order valence-corrected chi connectivity index (χ3v) is 6.63. The normalized spacial score (nSPS) is 22.8. The summed E-state index contributed by atoms with van der Waals surface area (Å²) in [5, 5.41) is 19.9. The molecule has 5 rings (SSSR count). The molecule has 0 radical (unpaired) electrons. The molecule has 31 heavy (non-hydrogen) atoms. The lowest BCUT2D eigenvalue weighted by Gasteiger charge is -2.42. The summed E-state index contributed by atoms with van der Waals surface area (Å²) in [7, 11) is 0. The topological polar surface area (TPSA) is 85.2 Å². The zero-order chi connectivity index (χ0) is 22.1. The van der Waals surface area contributed by atoms with Gasteiger partial charge in [0, 0.05) is 22.6 Å². The maximum Gasteiger partial charge on any atom is 0.312 e. The molecule has 2 aromatic carbocycles. The Morgan fingerprint density at radius 2 is 1.48 bits per heavy atom. The summed E-state index contributed by atoms with van der Waals surface area (Å²) in [6, 6.07) is 4.70. The molecule has 0 fully saturated rings. The van der Waals surface area contributed by atoms with Crippen LogP contribution in [0.4, 0.5) is 0 Å². The van der Waals surface area contributed by atoms with E-state index in [0.717, 1.165) is 59.4 Å². The molecular weight excluding hydrogens is 396 g/mol. The molecule has 3 heterocycles. The summed E-state index contributed by atoms with van der Waals surface area (Å²) >= 11 is 0. The molecule has 0 aromatic heterocycles. The van der Waals surface area contributed by atoms with Crippen LogP contribution in [0.2, 0.25) is 0 Å². The van der Waals surface area contributed by atoms with Crippen LogP contribution in [0.3, 0.4) is 0 Å². The van der Waals surface area contributed by atoms with Crippen LogP contribution in [0.5, 0.6) is 28.7 Å². The second-order valence-corrected chi connectivity index (χ2v) is 10.1. The Labute approximate surface area is 181 Å². The molecule has 0 saturated heterocycles. The number of carbonyl (C=O) groups excluding carboxylic acids is 1. The van der Waals surface area contributed by atoms with Gasteiger partial charge in [-0.05, 0) is 71.1 Å². The van der Waals surface area contributed by atoms with E-state index in [2.05, 4.69) is 27.7 Å². The lowest BCUT2D eigenvalue weighted by atomic mass is 9.79. The quantitative estimate of drug-likeness (QED) is 0.391. The van der Waals surface area contributed by atoms with Gasteiger partial charge in [0.25, 0.3) is 0 Å². The number of fused-ring (bicyclic) bond motifs is 6. The van der Waals surface area contributed by atoms with Crippen molar-refractivity contribution < 1.29 is 29.2 Å². The molecule has 0 bridgehead atoms. The number of esters is 1. The van der Waals surface area contributed by atoms with E-state index in [-0.39, 0.29) is 41.0 Å². The van der Waals surface area contributed by atoms with Gasteiger partial charge in [-0.15, -0.1) is 0 Å². The zero-order valence-electron chi connectivity index (χ0n) is 18.4. The molecule has 1 atom stereocenters. The minimum absolute atomic E-state index is 0.137. The minimum atomic E-state index is -0.359. The van der Waals surface area contributed by atoms with Gasteiger partial charge in [-0.2, -0.15) is 0 Å². The average molecular weight is 424 g/mol. The van der Waals surface area contributed by atoms with E-state index in [4.69, 9.17) is 14.2 Å². The van der Waals surface area contributed by atoms with Crippen LogP contribution in [0.1, 0.15) is 75.1 Å². The van der Waals surface area contributed by atoms with Crippen LogP contribution >= 0.6 is 0 Å². The first-order chi connectivity index (χ1) is 14.5. The minimum Gasteiger partial charge on any atom is -0.504 e. The second-order valence-electron chi connectivity index (χ2n) is 10.1. The summed E-state index contributed by atoms with van der Waals surface area (Å²) in [6.07, 6.45) is 3.38. The van der Waals surface area contributed by atoms with Crippen molar-refractivity contribution in [3.8, 4) is 28.7 Å². The molecule has 0 amide bonds. The van der Waals surface area contributed by atoms with E-state index < -0.39 is 0 Å². The maximum absolute atomic E-state index is 12.7. The van der Waals surface area contributed by atoms with Crippen LogP contribution in [0, 0.1) is 0 Å². The number of rotatable bonds is 1. The van der Waals surface area contributed by atoms with Gasteiger partial charge in [0.2, 0.25) is 0 Å². The number of phenols is 2. The fourth-order valence-electron chi connectivity index (χ4n) is 4.92. The highest BCUT2D eigenvalue weighted by atomic mass is 16.5. The van der Waals surface area contributed by atoms with Crippen molar-refractivity contribution in [1.82, 2.24) is 0 Å². The SMILES string of the molecule is CC1(C)CCc2c(c3c(c4c2OC(=O)CC4c2ccc(O)c(O)c2)OC(C)(C)CC3)O1. The molecule has 2 aromatic rings. The van der Waals surface area contributed by atoms with Crippen molar-refractivity contribution in [3.05, 3.63) is 40.5 Å². The first kappa shape index (κ1) is 20.0. The number of aromatic hydroxyl groups is 2. The summed E-state index contributed by atoms with van der Waals surface area (Å²) in [6.45, 7) is 8.26. The molecule has 6 nitrogen and oxygen atoms in total. The van der Waals surface area contributed by atoms with Crippen LogP contribution in [-0.4, -0.2) is 27.4 Å². The monoisotopic (exact) mass is 424 g/mol. The van der Waals surface area contributed by atoms with Gasteiger partial charge < -0.3 is 24.4 Å². The second kappa shape index (κ2) is 6.55. The maximum atomic E-state index is 12.7. The van der Waals surface area contributed by atoms with Crippen molar-refractivity contribution >= 4 is 5.97 Å². The Morgan fingerprint density at radius 3 is 2.13 bits per heavy atom. The van der Waals surface area contributed by atoms with Crippen molar-refractivity contribution in [2.24, 2.45) is 0 Å². The molecule has 3 aliphatic heterocycles. The summed E-state index contributed by atoms with van der Waals surface area (Å²) in [4.78, 5) is 12.7. The standard InChI is InChI=1S/C25H28O6/c1-24(2)9-7-14-21(30-24)15-8-10-25(3,4)31-23(15)20-16(12-19(28)29-22(14)20)13-5-6-17(26)18(27)11-13/h5-6,11,16,26-27H,7-10,12H2,1-4H3. The third-order valence-electron chi connectivity index (χ3n) is 6.63. The van der Waals surface area contributed by atoms with Crippen molar-refractivity contribution in [2.75, 3.05) is 0 Å². The molecule has 6 heteroatoms. The van der Waals surface area contributed by atoms with Gasteiger partial charge in [0.15, 0.2) is 11.5 Å². The Morgan fingerprint density at radius 1 is 0.871 bits per heavy atom. The van der Waals surface area contributed by atoms with Crippen molar-refractivity contribution in [3.63, 3.8) is 0 Å². The van der Waals surface area contributed by atoms with E-state index in [0.29, 0.717) is 5.75 Å². The zero-order valence-corrected chi connectivity index (χ0v) is 18.4. The highest BCUT2D eigenvalue weighted by Crippen LogP contribution is 2.56. The number of phenolic OH excluding ortho intramolecular Hbond substituents is 2. The molecule has 0 aliphatic carbocycles. The summed E-state index contributed by atoms with van der Waals surface area (Å²) in [5.41, 5.74) is 2.88. The summed E-state index contributed by atoms with van der Waals surface area (Å²) < 4.78 is 18.8. The van der Waals surface area contributed by atoms with Crippen LogP contribution in [0.15, 0.2) is 18.2 Å². The Balaban J connectivity index is 1.78. The number of ether oxygens (including phenoxy) is 3. The largest absolute Gasteiger partial charge is 0.504 e. The van der Waals surface area contributed by atoms with Gasteiger partial charge >= 0.3 is 5.97 Å². The Kier molecular flexibility index (Phi) is 4.24. The average Bonchev–Trinajstić information content (AvgIpc) is 2.68. The lowest BCUT2D eigenvalue weighted by Crippen LogP contribution is -2.38. The van der Waals surface area contributed by atoms with Gasteiger partial charge in [0.1, 0.15) is 28.5 Å². The van der Waals surface area contributed by atoms with E-state index in [1.54, 1.807) is 6.07 Å². The molecule has 0 spiro atoms. The first-order valence-corrected chi connectivity index (χ1v) is 10.9.